The molecule has 0 bridgehead atoms. The highest BCUT2D eigenvalue weighted by Crippen LogP contribution is 2.27. The normalized spacial score (nSPS) is 15.5. The molecule has 1 aromatic heterocycles. The van der Waals surface area contributed by atoms with E-state index >= 15 is 0 Å². The largest absolute Gasteiger partial charge is 0.372 e. The number of pyridine rings is 1. The maximum absolute atomic E-state index is 12.8. The van der Waals surface area contributed by atoms with Gasteiger partial charge < -0.3 is 10.2 Å². The Labute approximate surface area is 189 Å². The fraction of sp³-hybridized carbons (Fsp3) is 0.455. The fourth-order valence-electron chi connectivity index (χ4n) is 3.80. The van der Waals surface area contributed by atoms with Gasteiger partial charge in [0, 0.05) is 50.5 Å². The lowest BCUT2D eigenvalue weighted by atomic mass is 9.97. The predicted octanol–water partition coefficient (Wildman–Crippen LogP) is 3.17. The number of carbonyl (C=O) groups is 1. The molecule has 0 spiro atoms. The van der Waals surface area contributed by atoms with E-state index in [2.05, 4.69) is 34.3 Å². The van der Waals surface area contributed by atoms with Crippen molar-refractivity contribution >= 4 is 33.2 Å². The molecule has 1 aromatic carbocycles. The van der Waals surface area contributed by atoms with Gasteiger partial charge in [0.05, 0.1) is 0 Å². The molecule has 0 aliphatic carbocycles. The molecular weight excluding hydrogens is 436 g/mol. The van der Waals surface area contributed by atoms with Gasteiger partial charge in [-0.1, -0.05) is 29.8 Å². The van der Waals surface area contributed by atoms with E-state index in [-0.39, 0.29) is 21.9 Å². The summed E-state index contributed by atoms with van der Waals surface area (Å²) in [4.78, 5) is 18.7. The zero-order chi connectivity index (χ0) is 22.3. The van der Waals surface area contributed by atoms with Gasteiger partial charge >= 0.3 is 0 Å². The topological polar surface area (TPSA) is 82.6 Å². The number of halogens is 1. The number of aromatic nitrogens is 1. The lowest BCUT2D eigenvalue weighted by molar-refractivity contribution is -0.126. The molecule has 1 aliphatic rings. The Morgan fingerprint density at radius 3 is 2.55 bits per heavy atom. The van der Waals surface area contributed by atoms with Crippen LogP contribution < -0.4 is 10.2 Å². The van der Waals surface area contributed by atoms with Crippen LogP contribution in [0.1, 0.15) is 26.2 Å². The fourth-order valence-corrected chi connectivity index (χ4v) is 5.69. The van der Waals surface area contributed by atoms with Crippen LogP contribution in [0, 0.1) is 5.92 Å². The van der Waals surface area contributed by atoms with Gasteiger partial charge in [-0.2, -0.15) is 4.31 Å². The van der Waals surface area contributed by atoms with E-state index in [0.717, 1.165) is 19.5 Å². The Balaban J connectivity index is 1.44. The molecule has 0 saturated carbocycles. The van der Waals surface area contributed by atoms with Crippen molar-refractivity contribution in [1.82, 2.24) is 14.6 Å². The Bertz CT molecular complexity index is 964. The zero-order valence-corrected chi connectivity index (χ0v) is 19.3. The first-order valence-electron chi connectivity index (χ1n) is 10.6. The van der Waals surface area contributed by atoms with Crippen molar-refractivity contribution in [2.24, 2.45) is 5.92 Å². The molecule has 1 fully saturated rings. The number of sulfonamides is 1. The van der Waals surface area contributed by atoms with Crippen molar-refractivity contribution in [1.29, 1.82) is 0 Å². The summed E-state index contributed by atoms with van der Waals surface area (Å²) in [5.41, 5.74) is 1.18. The minimum Gasteiger partial charge on any atom is -0.372 e. The Hall–Kier alpha value is -2.16. The Kier molecular flexibility index (Phi) is 8.28. The van der Waals surface area contributed by atoms with E-state index in [1.54, 1.807) is 6.07 Å². The number of nitrogens with one attached hydrogen (secondary N) is 1. The molecule has 1 saturated heterocycles. The second kappa shape index (κ2) is 10.9. The van der Waals surface area contributed by atoms with Crippen molar-refractivity contribution in [2.75, 3.05) is 37.6 Å². The third-order valence-electron chi connectivity index (χ3n) is 5.57. The number of amides is 1. The summed E-state index contributed by atoms with van der Waals surface area (Å²) in [6.07, 6.45) is 3.29. The SMILES string of the molecule is CCN(CCCNC(=O)C1CCN(S(=O)(=O)c2cccnc2Cl)CC1)c1ccccc1. The molecule has 0 radical (unpaired) electrons. The smallest absolute Gasteiger partial charge is 0.246 e. The number of anilines is 1. The van der Waals surface area contributed by atoms with Crippen molar-refractivity contribution in [2.45, 2.75) is 31.1 Å². The molecule has 7 nitrogen and oxygen atoms in total. The highest BCUT2D eigenvalue weighted by Gasteiger charge is 2.33. The summed E-state index contributed by atoms with van der Waals surface area (Å²) in [5.74, 6) is -0.175. The van der Waals surface area contributed by atoms with Crippen molar-refractivity contribution < 1.29 is 13.2 Å². The van der Waals surface area contributed by atoms with Gasteiger partial charge in [0.2, 0.25) is 15.9 Å². The van der Waals surface area contributed by atoms with E-state index in [1.165, 1.54) is 22.3 Å². The lowest BCUT2D eigenvalue weighted by Gasteiger charge is -2.30. The molecule has 1 amide bonds. The summed E-state index contributed by atoms with van der Waals surface area (Å²) >= 11 is 5.97. The van der Waals surface area contributed by atoms with Crippen molar-refractivity contribution in [3.8, 4) is 0 Å². The van der Waals surface area contributed by atoms with E-state index in [4.69, 9.17) is 11.6 Å². The van der Waals surface area contributed by atoms with Crippen LogP contribution in [0.25, 0.3) is 0 Å². The molecule has 31 heavy (non-hydrogen) atoms. The van der Waals surface area contributed by atoms with E-state index in [1.807, 2.05) is 18.2 Å². The van der Waals surface area contributed by atoms with Gasteiger partial charge in [-0.3, -0.25) is 4.79 Å². The molecule has 168 valence electrons. The maximum Gasteiger partial charge on any atom is 0.246 e. The number of carbonyl (C=O) groups excluding carboxylic acids is 1. The zero-order valence-electron chi connectivity index (χ0n) is 17.7. The van der Waals surface area contributed by atoms with E-state index in [9.17, 15) is 13.2 Å². The van der Waals surface area contributed by atoms with E-state index < -0.39 is 10.0 Å². The summed E-state index contributed by atoms with van der Waals surface area (Å²) in [6, 6.07) is 13.2. The second-order valence-electron chi connectivity index (χ2n) is 7.53. The number of benzene rings is 1. The quantitative estimate of drug-likeness (QED) is 0.455. The van der Waals surface area contributed by atoms with Gasteiger partial charge in [-0.25, -0.2) is 13.4 Å². The third kappa shape index (κ3) is 5.96. The lowest BCUT2D eigenvalue weighted by Crippen LogP contribution is -2.43. The molecule has 2 aromatic rings. The average Bonchev–Trinajstić information content (AvgIpc) is 2.80. The van der Waals surface area contributed by atoms with Crippen LogP contribution in [0.15, 0.2) is 53.6 Å². The maximum atomic E-state index is 12.8. The first-order chi connectivity index (χ1) is 14.9. The molecular formula is C22H29ClN4O3S. The number of para-hydroxylation sites is 1. The first kappa shape index (κ1) is 23.5. The van der Waals surface area contributed by atoms with Crippen LogP contribution in [0.5, 0.6) is 0 Å². The summed E-state index contributed by atoms with van der Waals surface area (Å²) in [7, 11) is -3.70. The highest BCUT2D eigenvalue weighted by molar-refractivity contribution is 7.89. The van der Waals surface area contributed by atoms with Crippen LogP contribution in [-0.4, -0.2) is 56.3 Å². The van der Waals surface area contributed by atoms with Crippen molar-refractivity contribution in [3.05, 3.63) is 53.8 Å². The van der Waals surface area contributed by atoms with Gasteiger partial charge in [0.1, 0.15) is 10.0 Å². The number of nitrogens with zero attached hydrogens (tertiary/aromatic N) is 3. The van der Waals surface area contributed by atoms with E-state index in [0.29, 0.717) is 32.5 Å². The molecule has 3 rings (SSSR count). The standard InChI is InChI=1S/C22H29ClN4O3S/c1-2-26(19-8-4-3-5-9-19)15-7-14-25-22(28)18-11-16-27(17-12-18)31(29,30)20-10-6-13-24-21(20)23/h3-6,8-10,13,18H,2,7,11-12,14-17H2,1H3,(H,25,28). The minimum atomic E-state index is -3.70. The number of hydrogen-bond donors (Lipinski definition) is 1. The Morgan fingerprint density at radius 1 is 1.19 bits per heavy atom. The molecule has 9 heteroatoms. The molecule has 2 heterocycles. The van der Waals surface area contributed by atoms with Gasteiger partial charge in [-0.05, 0) is 50.5 Å². The van der Waals surface area contributed by atoms with Crippen LogP contribution in [-0.2, 0) is 14.8 Å². The number of hydrogen-bond acceptors (Lipinski definition) is 5. The van der Waals surface area contributed by atoms with Crippen LogP contribution >= 0.6 is 11.6 Å². The molecule has 1 N–H and O–H groups in total. The summed E-state index contributed by atoms with van der Waals surface area (Å²) in [5, 5.41) is 2.98. The highest BCUT2D eigenvalue weighted by atomic mass is 35.5. The minimum absolute atomic E-state index is 0.000724. The van der Waals surface area contributed by atoms with Crippen LogP contribution in [0.2, 0.25) is 5.15 Å². The van der Waals surface area contributed by atoms with Gasteiger partial charge in [-0.15, -0.1) is 0 Å². The first-order valence-corrected chi connectivity index (χ1v) is 12.4. The monoisotopic (exact) mass is 464 g/mol. The predicted molar refractivity (Wildman–Crippen MR) is 123 cm³/mol. The molecule has 0 atom stereocenters. The Morgan fingerprint density at radius 2 is 1.90 bits per heavy atom. The van der Waals surface area contributed by atoms with Gasteiger partial charge in [0.25, 0.3) is 0 Å². The van der Waals surface area contributed by atoms with Crippen LogP contribution in [0.4, 0.5) is 5.69 Å². The number of piperidine rings is 1. The summed E-state index contributed by atoms with van der Waals surface area (Å²) < 4.78 is 27.0. The van der Waals surface area contributed by atoms with Gasteiger partial charge in [0.15, 0.2) is 0 Å². The number of rotatable bonds is 9. The molecule has 0 unspecified atom stereocenters. The molecule has 1 aliphatic heterocycles. The van der Waals surface area contributed by atoms with Crippen LogP contribution in [0.3, 0.4) is 0 Å². The second-order valence-corrected chi connectivity index (χ2v) is 9.79. The third-order valence-corrected chi connectivity index (χ3v) is 7.92. The van der Waals surface area contributed by atoms with Crippen molar-refractivity contribution in [3.63, 3.8) is 0 Å². The summed E-state index contributed by atoms with van der Waals surface area (Å²) in [6.45, 7) is 5.08. The average molecular weight is 465 g/mol.